The van der Waals surface area contributed by atoms with Gasteiger partial charge in [0, 0.05) is 25.0 Å². The topological polar surface area (TPSA) is 62.5 Å². The van der Waals surface area contributed by atoms with Crippen LogP contribution in [0.15, 0.2) is 40.2 Å². The van der Waals surface area contributed by atoms with Crippen LogP contribution in [0, 0.1) is 5.92 Å². The maximum absolute atomic E-state index is 12.3. The maximum atomic E-state index is 12.3. The second-order valence-corrected chi connectivity index (χ2v) is 5.70. The zero-order valence-corrected chi connectivity index (χ0v) is 12.0. The van der Waals surface area contributed by atoms with Gasteiger partial charge >= 0.3 is 11.1 Å². The average molecular weight is 300 g/mol. The van der Waals surface area contributed by atoms with E-state index >= 15 is 0 Å². The Hall–Kier alpha value is -2.50. The van der Waals surface area contributed by atoms with E-state index in [1.165, 1.54) is 9.13 Å². The van der Waals surface area contributed by atoms with Gasteiger partial charge in [0.25, 0.3) is 0 Å². The fraction of sp³-hybridized carbons (Fsp3) is 0.375. The third kappa shape index (κ3) is 2.30. The van der Waals surface area contributed by atoms with Crippen molar-refractivity contribution < 1.29 is 9.47 Å². The Kier molecular flexibility index (Phi) is 3.03. The molecule has 1 aliphatic carbocycles. The highest BCUT2D eigenvalue weighted by atomic mass is 16.6. The van der Waals surface area contributed by atoms with Crippen LogP contribution in [0.4, 0.5) is 0 Å². The van der Waals surface area contributed by atoms with Gasteiger partial charge in [-0.25, -0.2) is 0 Å². The van der Waals surface area contributed by atoms with Gasteiger partial charge < -0.3 is 14.0 Å². The van der Waals surface area contributed by atoms with E-state index in [1.54, 1.807) is 30.6 Å². The van der Waals surface area contributed by atoms with Crippen molar-refractivity contribution in [3.8, 4) is 17.2 Å². The fourth-order valence-electron chi connectivity index (χ4n) is 2.62. The number of hydrogen-bond acceptors (Lipinski definition) is 4. The number of benzene rings is 1. The van der Waals surface area contributed by atoms with Gasteiger partial charge in [-0.15, -0.1) is 0 Å². The molecule has 0 amide bonds. The summed E-state index contributed by atoms with van der Waals surface area (Å²) in [7, 11) is 0. The third-order valence-corrected chi connectivity index (χ3v) is 4.01. The van der Waals surface area contributed by atoms with Gasteiger partial charge in [0.2, 0.25) is 0 Å². The minimum Gasteiger partial charge on any atom is -0.486 e. The molecule has 1 fully saturated rings. The van der Waals surface area contributed by atoms with Crippen molar-refractivity contribution in [2.75, 3.05) is 13.2 Å². The molecule has 6 nitrogen and oxygen atoms in total. The van der Waals surface area contributed by atoms with E-state index in [0.29, 0.717) is 42.9 Å². The van der Waals surface area contributed by atoms with Crippen molar-refractivity contribution in [3.05, 3.63) is 51.3 Å². The molecule has 0 saturated heterocycles. The minimum absolute atomic E-state index is 0.480. The van der Waals surface area contributed by atoms with Crippen molar-refractivity contribution in [2.45, 2.75) is 19.4 Å². The van der Waals surface area contributed by atoms with Gasteiger partial charge in [-0.05, 0) is 30.9 Å². The van der Waals surface area contributed by atoms with Crippen LogP contribution < -0.4 is 20.6 Å². The highest BCUT2D eigenvalue weighted by Crippen LogP contribution is 2.32. The van der Waals surface area contributed by atoms with E-state index in [4.69, 9.17) is 9.47 Å². The number of nitrogens with zero attached hydrogens (tertiary/aromatic N) is 2. The summed E-state index contributed by atoms with van der Waals surface area (Å²) in [6, 6.07) is 5.23. The lowest BCUT2D eigenvalue weighted by Gasteiger charge is -2.19. The van der Waals surface area contributed by atoms with Gasteiger partial charge in [0.1, 0.15) is 13.2 Å². The van der Waals surface area contributed by atoms with Gasteiger partial charge in [0.15, 0.2) is 11.5 Å². The molecule has 0 bridgehead atoms. The Labute approximate surface area is 126 Å². The third-order valence-electron chi connectivity index (χ3n) is 4.01. The van der Waals surface area contributed by atoms with Gasteiger partial charge in [0.05, 0.1) is 5.69 Å². The highest BCUT2D eigenvalue weighted by Gasteiger charge is 2.22. The number of fused-ring (bicyclic) bond motifs is 1. The van der Waals surface area contributed by atoms with Crippen LogP contribution in [0.1, 0.15) is 12.8 Å². The first-order valence-corrected chi connectivity index (χ1v) is 7.44. The zero-order chi connectivity index (χ0) is 15.1. The fourth-order valence-corrected chi connectivity index (χ4v) is 2.62. The van der Waals surface area contributed by atoms with Crippen LogP contribution in [0.25, 0.3) is 5.69 Å². The predicted molar refractivity (Wildman–Crippen MR) is 80.0 cm³/mol. The molecule has 1 aromatic carbocycles. The Morgan fingerprint density at radius 3 is 2.55 bits per heavy atom. The van der Waals surface area contributed by atoms with Crippen molar-refractivity contribution in [1.82, 2.24) is 9.13 Å². The molecule has 2 aliphatic rings. The van der Waals surface area contributed by atoms with Gasteiger partial charge in [-0.2, -0.15) is 0 Å². The number of rotatable bonds is 3. The molecule has 2 aromatic rings. The first-order valence-electron chi connectivity index (χ1n) is 7.44. The van der Waals surface area contributed by atoms with Crippen molar-refractivity contribution in [2.24, 2.45) is 5.92 Å². The molecule has 6 heteroatoms. The molecule has 0 N–H and O–H groups in total. The normalized spacial score (nSPS) is 16.5. The Bertz CT molecular complexity index is 833. The molecule has 2 heterocycles. The summed E-state index contributed by atoms with van der Waals surface area (Å²) in [6.07, 6.45) is 5.59. The summed E-state index contributed by atoms with van der Waals surface area (Å²) in [5.41, 5.74) is -0.422. The van der Waals surface area contributed by atoms with Crippen molar-refractivity contribution >= 4 is 0 Å². The molecule has 1 saturated carbocycles. The Morgan fingerprint density at radius 2 is 1.77 bits per heavy atom. The Morgan fingerprint density at radius 1 is 1.00 bits per heavy atom. The minimum atomic E-state index is -0.542. The maximum Gasteiger partial charge on any atom is 0.320 e. The largest absolute Gasteiger partial charge is 0.486 e. The molecule has 0 spiro atoms. The Balaban J connectivity index is 1.74. The molecule has 0 radical (unpaired) electrons. The lowest BCUT2D eigenvalue weighted by molar-refractivity contribution is 0.171. The molecule has 114 valence electrons. The molecule has 0 atom stereocenters. The lowest BCUT2D eigenvalue weighted by Crippen LogP contribution is -2.40. The predicted octanol–water partition coefficient (Wildman–Crippen LogP) is 1.18. The molecule has 22 heavy (non-hydrogen) atoms. The lowest BCUT2D eigenvalue weighted by atomic mass is 10.2. The standard InChI is InChI=1S/C16H16N2O4/c19-15-16(20)18(6-5-17(15)10-11-1-2-11)12-3-4-13-14(9-12)22-8-7-21-13/h3-6,9,11H,1-2,7-8,10H2. The summed E-state index contributed by atoms with van der Waals surface area (Å²) in [4.78, 5) is 24.5. The molecular formula is C16H16N2O4. The monoisotopic (exact) mass is 300 g/mol. The van der Waals surface area contributed by atoms with Crippen LogP contribution in [-0.4, -0.2) is 22.3 Å². The summed E-state index contributed by atoms with van der Waals surface area (Å²) >= 11 is 0. The molecule has 1 aliphatic heterocycles. The zero-order valence-electron chi connectivity index (χ0n) is 12.0. The van der Waals surface area contributed by atoms with E-state index in [0.717, 1.165) is 12.8 Å². The number of hydrogen-bond donors (Lipinski definition) is 0. The van der Waals surface area contributed by atoms with E-state index in [-0.39, 0.29) is 0 Å². The van der Waals surface area contributed by atoms with Gasteiger partial charge in [-0.3, -0.25) is 14.2 Å². The first-order chi connectivity index (χ1) is 10.7. The summed E-state index contributed by atoms with van der Waals surface area (Å²) in [5, 5.41) is 0. The summed E-state index contributed by atoms with van der Waals surface area (Å²) in [5.74, 6) is 1.80. The molecule has 4 rings (SSSR count). The SMILES string of the molecule is O=c1c(=O)n(-c2ccc3c(c2)OCCO3)ccn1CC1CC1. The highest BCUT2D eigenvalue weighted by molar-refractivity contribution is 5.49. The number of aromatic nitrogens is 2. The van der Waals surface area contributed by atoms with Crippen LogP contribution in [0.5, 0.6) is 11.5 Å². The van der Waals surface area contributed by atoms with Crippen molar-refractivity contribution in [3.63, 3.8) is 0 Å². The van der Waals surface area contributed by atoms with E-state index in [9.17, 15) is 9.59 Å². The quantitative estimate of drug-likeness (QED) is 0.799. The number of ether oxygens (including phenoxy) is 2. The molecule has 1 aromatic heterocycles. The molecular weight excluding hydrogens is 284 g/mol. The summed E-state index contributed by atoms with van der Waals surface area (Å²) < 4.78 is 13.8. The van der Waals surface area contributed by atoms with Crippen LogP contribution in [0.3, 0.4) is 0 Å². The first kappa shape index (κ1) is 13.2. The summed E-state index contributed by atoms with van der Waals surface area (Å²) in [6.45, 7) is 1.63. The average Bonchev–Trinajstić information content (AvgIpc) is 3.36. The smallest absolute Gasteiger partial charge is 0.320 e. The van der Waals surface area contributed by atoms with Gasteiger partial charge in [-0.1, -0.05) is 0 Å². The van der Waals surface area contributed by atoms with Crippen LogP contribution in [0.2, 0.25) is 0 Å². The second kappa shape index (κ2) is 5.05. The van der Waals surface area contributed by atoms with Crippen molar-refractivity contribution in [1.29, 1.82) is 0 Å². The van der Waals surface area contributed by atoms with E-state index < -0.39 is 11.1 Å². The second-order valence-electron chi connectivity index (χ2n) is 5.70. The van der Waals surface area contributed by atoms with Crippen LogP contribution in [-0.2, 0) is 6.54 Å². The van der Waals surface area contributed by atoms with E-state index in [2.05, 4.69) is 0 Å². The molecule has 0 unspecified atom stereocenters. The van der Waals surface area contributed by atoms with Crippen LogP contribution >= 0.6 is 0 Å². The van der Waals surface area contributed by atoms with E-state index in [1.807, 2.05) is 0 Å².